The number of carbonyl (C=O) groups is 1. The largest absolute Gasteiger partial charge is 0.352 e. The molecule has 1 aliphatic rings. The summed E-state index contributed by atoms with van der Waals surface area (Å²) in [5, 5.41) is 2.94. The molecule has 1 aliphatic heterocycles. The van der Waals surface area contributed by atoms with E-state index in [1.54, 1.807) is 0 Å². The number of amides is 1. The molecule has 0 spiro atoms. The summed E-state index contributed by atoms with van der Waals surface area (Å²) in [6, 6.07) is 8.02. The summed E-state index contributed by atoms with van der Waals surface area (Å²) in [4.78, 5) is 12.5. The monoisotopic (exact) mass is 367 g/mol. The van der Waals surface area contributed by atoms with Crippen molar-refractivity contribution in [1.82, 2.24) is 13.9 Å². The van der Waals surface area contributed by atoms with Crippen molar-refractivity contribution in [3.63, 3.8) is 0 Å². The Morgan fingerprint density at radius 1 is 1.24 bits per heavy atom. The molecule has 1 fully saturated rings. The Hall–Kier alpha value is -1.44. The molecule has 0 bridgehead atoms. The van der Waals surface area contributed by atoms with Crippen LogP contribution in [0, 0.1) is 12.8 Å². The minimum Gasteiger partial charge on any atom is -0.352 e. The zero-order valence-corrected chi connectivity index (χ0v) is 16.2. The van der Waals surface area contributed by atoms with Crippen LogP contribution >= 0.6 is 0 Å². The lowest BCUT2D eigenvalue weighted by molar-refractivity contribution is -0.126. The van der Waals surface area contributed by atoms with E-state index in [1.165, 1.54) is 14.2 Å². The Balaban J connectivity index is 1.95. The number of nitrogens with zero attached hydrogens (tertiary/aromatic N) is 2. The van der Waals surface area contributed by atoms with Crippen LogP contribution in [0.3, 0.4) is 0 Å². The molecule has 1 saturated heterocycles. The highest BCUT2D eigenvalue weighted by Gasteiger charge is 2.34. The van der Waals surface area contributed by atoms with Crippen molar-refractivity contribution >= 4 is 16.1 Å². The fourth-order valence-corrected chi connectivity index (χ4v) is 4.83. The first kappa shape index (κ1) is 19.9. The van der Waals surface area contributed by atoms with Crippen molar-refractivity contribution in [2.24, 2.45) is 5.92 Å². The van der Waals surface area contributed by atoms with Crippen LogP contribution in [-0.4, -0.2) is 49.1 Å². The van der Waals surface area contributed by atoms with Gasteiger partial charge in [-0.1, -0.05) is 43.7 Å². The summed E-state index contributed by atoms with van der Waals surface area (Å²) >= 11 is 0. The SMILES string of the molecule is CCN(CC)S(=O)(=O)N1CCC[C@@H](C(=O)NCc2ccc(C)cc2)C1. The van der Waals surface area contributed by atoms with Crippen molar-refractivity contribution in [3.8, 4) is 0 Å². The van der Waals surface area contributed by atoms with Crippen LogP contribution in [0.15, 0.2) is 24.3 Å². The Labute approximate surface area is 151 Å². The van der Waals surface area contributed by atoms with Gasteiger partial charge in [-0.15, -0.1) is 0 Å². The number of nitrogens with one attached hydrogen (secondary N) is 1. The molecule has 1 aromatic rings. The van der Waals surface area contributed by atoms with Gasteiger partial charge in [0.1, 0.15) is 0 Å². The first-order valence-corrected chi connectivity index (χ1v) is 10.4. The van der Waals surface area contributed by atoms with Gasteiger partial charge in [0, 0.05) is 32.7 Å². The maximum absolute atomic E-state index is 12.6. The summed E-state index contributed by atoms with van der Waals surface area (Å²) < 4.78 is 28.2. The number of rotatable bonds is 7. The van der Waals surface area contributed by atoms with Crippen LogP contribution in [0.4, 0.5) is 0 Å². The second kappa shape index (κ2) is 8.78. The van der Waals surface area contributed by atoms with Gasteiger partial charge < -0.3 is 5.32 Å². The van der Waals surface area contributed by atoms with Crippen molar-refractivity contribution in [2.75, 3.05) is 26.2 Å². The van der Waals surface area contributed by atoms with Gasteiger partial charge in [0.2, 0.25) is 5.91 Å². The molecule has 0 unspecified atom stereocenters. The Bertz CT molecular complexity index is 669. The third-order valence-corrected chi connectivity index (χ3v) is 6.85. The number of aryl methyl sites for hydroxylation is 1. The topological polar surface area (TPSA) is 69.7 Å². The average Bonchev–Trinajstić information content (AvgIpc) is 2.62. The van der Waals surface area contributed by atoms with E-state index in [4.69, 9.17) is 0 Å². The molecule has 6 nitrogen and oxygen atoms in total. The highest BCUT2D eigenvalue weighted by atomic mass is 32.2. The molecule has 0 aliphatic carbocycles. The molecule has 7 heteroatoms. The third kappa shape index (κ3) is 5.03. The Morgan fingerprint density at radius 2 is 1.88 bits per heavy atom. The van der Waals surface area contributed by atoms with Crippen LogP contribution in [0.2, 0.25) is 0 Å². The van der Waals surface area contributed by atoms with E-state index in [2.05, 4.69) is 5.32 Å². The minimum absolute atomic E-state index is 0.0694. The average molecular weight is 368 g/mol. The normalized spacial score (nSPS) is 19.1. The summed E-state index contributed by atoms with van der Waals surface area (Å²) in [5.41, 5.74) is 2.22. The lowest BCUT2D eigenvalue weighted by atomic mass is 9.98. The zero-order valence-electron chi connectivity index (χ0n) is 15.4. The van der Waals surface area contributed by atoms with Gasteiger partial charge in [0.15, 0.2) is 0 Å². The Kier molecular flexibility index (Phi) is 6.98. The van der Waals surface area contributed by atoms with Crippen LogP contribution in [0.25, 0.3) is 0 Å². The van der Waals surface area contributed by atoms with Gasteiger partial charge >= 0.3 is 0 Å². The lowest BCUT2D eigenvalue weighted by Crippen LogP contribution is -2.50. The Morgan fingerprint density at radius 3 is 2.48 bits per heavy atom. The van der Waals surface area contributed by atoms with E-state index in [1.807, 2.05) is 45.0 Å². The van der Waals surface area contributed by atoms with E-state index < -0.39 is 10.2 Å². The molecule has 2 rings (SSSR count). The van der Waals surface area contributed by atoms with Gasteiger partial charge in [-0.2, -0.15) is 17.0 Å². The van der Waals surface area contributed by atoms with Gasteiger partial charge in [-0.3, -0.25) is 4.79 Å². The quantitative estimate of drug-likeness (QED) is 0.800. The maximum Gasteiger partial charge on any atom is 0.281 e. The maximum atomic E-state index is 12.6. The van der Waals surface area contributed by atoms with E-state index in [-0.39, 0.29) is 18.4 Å². The number of carbonyl (C=O) groups excluding carboxylic acids is 1. The van der Waals surface area contributed by atoms with Crippen LogP contribution in [-0.2, 0) is 21.5 Å². The summed E-state index contributed by atoms with van der Waals surface area (Å²) in [6.07, 6.45) is 1.44. The fraction of sp³-hybridized carbons (Fsp3) is 0.611. The second-order valence-corrected chi connectivity index (χ2v) is 8.42. The van der Waals surface area contributed by atoms with Gasteiger partial charge in [-0.05, 0) is 25.3 Å². The number of benzene rings is 1. The first-order valence-electron chi connectivity index (χ1n) is 8.97. The predicted octanol–water partition coefficient (Wildman–Crippen LogP) is 1.91. The molecule has 140 valence electrons. The van der Waals surface area contributed by atoms with Gasteiger partial charge in [-0.25, -0.2) is 0 Å². The first-order chi connectivity index (χ1) is 11.9. The van der Waals surface area contributed by atoms with E-state index in [0.29, 0.717) is 32.6 Å². The van der Waals surface area contributed by atoms with E-state index in [9.17, 15) is 13.2 Å². The predicted molar refractivity (Wildman–Crippen MR) is 99.2 cm³/mol. The minimum atomic E-state index is -3.48. The lowest BCUT2D eigenvalue weighted by Gasteiger charge is -2.34. The van der Waals surface area contributed by atoms with E-state index >= 15 is 0 Å². The molecular formula is C18H29N3O3S. The molecule has 1 atom stereocenters. The smallest absolute Gasteiger partial charge is 0.281 e. The highest BCUT2D eigenvalue weighted by Crippen LogP contribution is 2.21. The molecule has 1 N–H and O–H groups in total. The summed E-state index contributed by atoms with van der Waals surface area (Å²) in [6.45, 7) is 7.79. The molecule has 0 saturated carbocycles. The number of piperidine rings is 1. The molecule has 0 radical (unpaired) electrons. The molecular weight excluding hydrogens is 338 g/mol. The van der Waals surface area contributed by atoms with Crippen molar-refractivity contribution < 1.29 is 13.2 Å². The van der Waals surface area contributed by atoms with Crippen molar-refractivity contribution in [1.29, 1.82) is 0 Å². The van der Waals surface area contributed by atoms with Crippen LogP contribution in [0.5, 0.6) is 0 Å². The summed E-state index contributed by atoms with van der Waals surface area (Å²) in [7, 11) is -3.48. The van der Waals surface area contributed by atoms with Crippen molar-refractivity contribution in [2.45, 2.75) is 40.2 Å². The van der Waals surface area contributed by atoms with Crippen molar-refractivity contribution in [3.05, 3.63) is 35.4 Å². The molecule has 0 aromatic heterocycles. The highest BCUT2D eigenvalue weighted by molar-refractivity contribution is 7.86. The zero-order chi connectivity index (χ0) is 18.4. The molecule has 25 heavy (non-hydrogen) atoms. The van der Waals surface area contributed by atoms with Gasteiger partial charge in [0.05, 0.1) is 5.92 Å². The van der Waals surface area contributed by atoms with Crippen LogP contribution in [0.1, 0.15) is 37.8 Å². The van der Waals surface area contributed by atoms with Gasteiger partial charge in [0.25, 0.3) is 10.2 Å². The van der Waals surface area contributed by atoms with Crippen LogP contribution < -0.4 is 5.32 Å². The fourth-order valence-electron chi connectivity index (χ4n) is 3.12. The molecule has 1 aromatic carbocycles. The molecule has 1 amide bonds. The van der Waals surface area contributed by atoms with E-state index in [0.717, 1.165) is 12.0 Å². The third-order valence-electron chi connectivity index (χ3n) is 4.70. The second-order valence-electron chi connectivity index (χ2n) is 6.49. The number of hydrogen-bond donors (Lipinski definition) is 1. The molecule has 1 heterocycles. The number of hydrogen-bond acceptors (Lipinski definition) is 3. The standard InChI is InChI=1S/C18H29N3O3S/c1-4-20(5-2)25(23,24)21-12-6-7-17(14-21)18(22)19-13-16-10-8-15(3)9-11-16/h8-11,17H,4-7,12-14H2,1-3H3,(H,19,22)/t17-/m1/s1. The summed E-state index contributed by atoms with van der Waals surface area (Å²) in [5.74, 6) is -0.357.